The van der Waals surface area contributed by atoms with Crippen LogP contribution in [-0.4, -0.2) is 20.2 Å². The Bertz CT molecular complexity index is 399. The van der Waals surface area contributed by atoms with E-state index in [1.165, 1.54) is 18.3 Å². The van der Waals surface area contributed by atoms with Gasteiger partial charge in [0, 0.05) is 0 Å². The van der Waals surface area contributed by atoms with Crippen molar-refractivity contribution in [2.75, 3.05) is 0 Å². The van der Waals surface area contributed by atoms with Gasteiger partial charge in [-0.3, -0.25) is 0 Å². The molecule has 1 atom stereocenters. The summed E-state index contributed by atoms with van der Waals surface area (Å²) in [5.41, 5.74) is 0.368. The second-order valence-electron chi connectivity index (χ2n) is 3.98. The molecule has 15 heavy (non-hydrogen) atoms. The van der Waals surface area contributed by atoms with Crippen molar-refractivity contribution in [1.29, 1.82) is 0 Å². The van der Waals surface area contributed by atoms with Crippen molar-refractivity contribution in [2.45, 2.75) is 25.5 Å². The topological polar surface area (TPSA) is 42.3 Å². The molecular weight excluding hydrogens is 215 g/mol. The zero-order chi connectivity index (χ0) is 11.5. The highest BCUT2D eigenvalue weighted by molar-refractivity contribution is 7.85. The van der Waals surface area contributed by atoms with Gasteiger partial charge >= 0.3 is 0 Å². The zero-order valence-corrected chi connectivity index (χ0v) is 9.71. The lowest BCUT2D eigenvalue weighted by atomic mass is 10.3. The minimum atomic E-state index is -1.34. The summed E-state index contributed by atoms with van der Waals surface area (Å²) in [5, 5.41) is 0. The Morgan fingerprint density at radius 1 is 1.47 bits per heavy atom. The maximum absolute atomic E-state index is 12.7. The molecule has 1 aromatic rings. The Morgan fingerprint density at radius 3 is 2.67 bits per heavy atom. The Kier molecular flexibility index (Phi) is 3.68. The van der Waals surface area contributed by atoms with E-state index in [9.17, 15) is 8.60 Å². The van der Waals surface area contributed by atoms with Gasteiger partial charge < -0.3 is 0 Å². The number of hydrogen-bond donors (Lipinski definition) is 0. The van der Waals surface area contributed by atoms with E-state index in [2.05, 4.69) is 9.38 Å². The van der Waals surface area contributed by atoms with E-state index in [1.54, 1.807) is 6.07 Å². The maximum Gasteiger partial charge on any atom is 0.213 e. The van der Waals surface area contributed by atoms with Gasteiger partial charge in [-0.15, -0.1) is 0 Å². The van der Waals surface area contributed by atoms with Crippen molar-refractivity contribution in [3.05, 3.63) is 29.8 Å². The van der Waals surface area contributed by atoms with Crippen molar-refractivity contribution in [2.24, 2.45) is 4.40 Å². The first-order valence-corrected chi connectivity index (χ1v) is 5.59. The molecule has 0 fully saturated rings. The largest absolute Gasteiger partial charge is 0.234 e. The molecule has 0 spiro atoms. The molecule has 0 saturated heterocycles. The molecule has 0 bridgehead atoms. The summed E-state index contributed by atoms with van der Waals surface area (Å²) in [7, 11) is -1.34. The lowest BCUT2D eigenvalue weighted by Gasteiger charge is -2.12. The summed E-state index contributed by atoms with van der Waals surface area (Å²) in [4.78, 5) is 3.58. The van der Waals surface area contributed by atoms with E-state index in [-0.39, 0.29) is 0 Å². The molecule has 1 rings (SSSR count). The minimum Gasteiger partial charge on any atom is -0.234 e. The van der Waals surface area contributed by atoms with Crippen molar-refractivity contribution < 1.29 is 8.60 Å². The van der Waals surface area contributed by atoms with Gasteiger partial charge in [0.05, 0.1) is 16.7 Å². The van der Waals surface area contributed by atoms with Crippen LogP contribution >= 0.6 is 0 Å². The van der Waals surface area contributed by atoms with Crippen LogP contribution in [0.5, 0.6) is 0 Å². The van der Waals surface area contributed by atoms with E-state index in [1.807, 2.05) is 20.8 Å². The van der Waals surface area contributed by atoms with Gasteiger partial charge in [0.15, 0.2) is 0 Å². The van der Waals surface area contributed by atoms with Crippen molar-refractivity contribution >= 4 is 17.2 Å². The zero-order valence-electron chi connectivity index (χ0n) is 8.90. The van der Waals surface area contributed by atoms with Crippen LogP contribution in [0.25, 0.3) is 0 Å². The molecule has 0 N–H and O–H groups in total. The molecule has 0 saturated carbocycles. The normalized spacial score (nSPS) is 14.4. The van der Waals surface area contributed by atoms with Crippen LogP contribution in [0.1, 0.15) is 26.5 Å². The molecule has 1 unspecified atom stereocenters. The second-order valence-corrected chi connectivity index (χ2v) is 5.92. The van der Waals surface area contributed by atoms with Gasteiger partial charge in [0.25, 0.3) is 0 Å². The fraction of sp³-hybridized carbons (Fsp3) is 0.400. The average Bonchev–Trinajstić information content (AvgIpc) is 2.12. The summed E-state index contributed by atoms with van der Waals surface area (Å²) in [6, 6.07) is 4.38. The molecule has 0 aliphatic heterocycles. The fourth-order valence-corrected chi connectivity index (χ4v) is 1.28. The first-order valence-electron chi connectivity index (χ1n) is 4.48. The standard InChI is InChI=1S/C10H13FN2OS/c1-10(2,3)15(14)12-7-8-5-4-6-9(11)13-8/h4-7H,1-3H3/b12-7+. The van der Waals surface area contributed by atoms with Crippen molar-refractivity contribution in [1.82, 2.24) is 4.98 Å². The minimum absolute atomic E-state index is 0.368. The lowest BCUT2D eigenvalue weighted by Crippen LogP contribution is -2.19. The van der Waals surface area contributed by atoms with Gasteiger partial charge in [-0.1, -0.05) is 6.07 Å². The first-order chi connectivity index (χ1) is 6.89. The van der Waals surface area contributed by atoms with Crippen LogP contribution in [0.3, 0.4) is 0 Å². The van der Waals surface area contributed by atoms with Crippen LogP contribution < -0.4 is 0 Å². The van der Waals surface area contributed by atoms with E-state index in [4.69, 9.17) is 0 Å². The fourth-order valence-electron chi connectivity index (χ4n) is 0.756. The third-order valence-corrected chi connectivity index (χ3v) is 2.89. The number of aromatic nitrogens is 1. The number of halogens is 1. The van der Waals surface area contributed by atoms with E-state index in [0.717, 1.165) is 0 Å². The smallest absolute Gasteiger partial charge is 0.213 e. The van der Waals surface area contributed by atoms with Gasteiger partial charge in [-0.25, -0.2) is 9.19 Å². The highest BCUT2D eigenvalue weighted by Gasteiger charge is 2.18. The third-order valence-electron chi connectivity index (χ3n) is 1.54. The first kappa shape index (κ1) is 12.0. The van der Waals surface area contributed by atoms with Gasteiger partial charge in [-0.2, -0.15) is 8.79 Å². The molecular formula is C10H13FN2OS. The van der Waals surface area contributed by atoms with E-state index < -0.39 is 21.7 Å². The Labute approximate surface area is 91.0 Å². The summed E-state index contributed by atoms with van der Waals surface area (Å²) in [5.74, 6) is -0.569. The van der Waals surface area contributed by atoms with Gasteiger partial charge in [0.1, 0.15) is 11.0 Å². The average molecular weight is 228 g/mol. The number of rotatable bonds is 2. The molecule has 1 aromatic heterocycles. The van der Waals surface area contributed by atoms with Gasteiger partial charge in [-0.05, 0) is 32.9 Å². The molecule has 5 heteroatoms. The SMILES string of the molecule is CC(C)(C)S(=O)/N=C/c1cccc(F)n1. The number of nitrogens with zero attached hydrogens (tertiary/aromatic N) is 2. The van der Waals surface area contributed by atoms with Crippen molar-refractivity contribution in [3.8, 4) is 0 Å². The molecule has 0 aliphatic rings. The second kappa shape index (κ2) is 4.61. The monoisotopic (exact) mass is 228 g/mol. The molecule has 0 aromatic carbocycles. The molecule has 1 heterocycles. The van der Waals surface area contributed by atoms with Gasteiger partial charge in [0.2, 0.25) is 5.95 Å². The summed E-state index contributed by atoms with van der Waals surface area (Å²) < 4.78 is 27.6. The van der Waals surface area contributed by atoms with Crippen LogP contribution in [-0.2, 0) is 11.0 Å². The molecule has 0 amide bonds. The predicted molar refractivity (Wildman–Crippen MR) is 59.7 cm³/mol. The van der Waals surface area contributed by atoms with E-state index >= 15 is 0 Å². The summed E-state index contributed by atoms with van der Waals surface area (Å²) in [6.07, 6.45) is 1.32. The Hall–Kier alpha value is -1.10. The van der Waals surface area contributed by atoms with Crippen LogP contribution in [0.15, 0.2) is 22.6 Å². The molecule has 3 nitrogen and oxygen atoms in total. The maximum atomic E-state index is 12.7. The van der Waals surface area contributed by atoms with Crippen LogP contribution in [0.2, 0.25) is 0 Å². The summed E-state index contributed by atoms with van der Waals surface area (Å²) >= 11 is 0. The molecule has 0 aliphatic carbocycles. The van der Waals surface area contributed by atoms with Crippen molar-refractivity contribution in [3.63, 3.8) is 0 Å². The Balaban J connectivity index is 2.79. The number of hydrogen-bond acceptors (Lipinski definition) is 2. The molecule has 0 radical (unpaired) electrons. The Morgan fingerprint density at radius 2 is 2.13 bits per heavy atom. The highest BCUT2D eigenvalue weighted by Crippen LogP contribution is 2.11. The van der Waals surface area contributed by atoms with Crippen LogP contribution in [0, 0.1) is 5.95 Å². The van der Waals surface area contributed by atoms with Crippen LogP contribution in [0.4, 0.5) is 4.39 Å². The summed E-state index contributed by atoms with van der Waals surface area (Å²) in [6.45, 7) is 5.46. The lowest BCUT2D eigenvalue weighted by molar-refractivity contribution is 0.583. The quantitative estimate of drug-likeness (QED) is 0.574. The molecule has 82 valence electrons. The third kappa shape index (κ3) is 3.87. The number of pyridine rings is 1. The predicted octanol–water partition coefficient (Wildman–Crippen LogP) is 2.10. The van der Waals surface area contributed by atoms with E-state index in [0.29, 0.717) is 5.69 Å². The highest BCUT2D eigenvalue weighted by atomic mass is 32.2.